The predicted octanol–water partition coefficient (Wildman–Crippen LogP) is 3.03. The van der Waals surface area contributed by atoms with Crippen molar-refractivity contribution in [3.05, 3.63) is 62.0 Å². The maximum atomic E-state index is 13.2. The highest BCUT2D eigenvalue weighted by Crippen LogP contribution is 2.33. The number of amides is 1. The molecule has 138 valence electrons. The van der Waals surface area contributed by atoms with Crippen LogP contribution in [0.2, 0.25) is 0 Å². The molecule has 0 spiro atoms. The number of anilines is 1. The molecule has 0 atom stereocenters. The van der Waals surface area contributed by atoms with Crippen LogP contribution in [-0.2, 0) is 13.5 Å². The number of carbonyl (C=O) groups excluding carboxylic acids is 1. The minimum Gasteiger partial charge on any atom is -0.307 e. The maximum Gasteiger partial charge on any atom is 0.277 e. The lowest BCUT2D eigenvalue weighted by atomic mass is 10.1. The zero-order chi connectivity index (χ0) is 19.3. The van der Waals surface area contributed by atoms with Gasteiger partial charge < -0.3 is 4.90 Å². The summed E-state index contributed by atoms with van der Waals surface area (Å²) in [6.45, 7) is 6.23. The first-order chi connectivity index (χ1) is 12.9. The molecule has 0 saturated carbocycles. The minimum absolute atomic E-state index is 0.0542. The number of hydrogen-bond donors (Lipinski definition) is 0. The molecule has 6 nitrogen and oxygen atoms in total. The standard InChI is InChI=1S/C20H20N4O2S/c1-11-12(2)22-23(4)19(25)16(11)18-21-13(3)17(27-18)20(26)24-10-9-14-7-5-6-8-15(14)24/h5-8H,9-10H2,1-4H3. The van der Waals surface area contributed by atoms with Crippen molar-refractivity contribution in [1.82, 2.24) is 14.8 Å². The molecule has 0 radical (unpaired) electrons. The molecule has 0 N–H and O–H groups in total. The Hall–Kier alpha value is -2.80. The van der Waals surface area contributed by atoms with Crippen LogP contribution in [0.15, 0.2) is 29.1 Å². The van der Waals surface area contributed by atoms with Crippen molar-refractivity contribution in [3.8, 4) is 10.6 Å². The summed E-state index contributed by atoms with van der Waals surface area (Å²) in [7, 11) is 1.63. The number of para-hydroxylation sites is 1. The Labute approximate surface area is 161 Å². The molecule has 0 bridgehead atoms. The fourth-order valence-corrected chi connectivity index (χ4v) is 4.58. The molecule has 4 rings (SSSR count). The van der Waals surface area contributed by atoms with Gasteiger partial charge in [-0.25, -0.2) is 9.67 Å². The summed E-state index contributed by atoms with van der Waals surface area (Å²) >= 11 is 1.28. The molecule has 3 aromatic rings. The minimum atomic E-state index is -0.197. The zero-order valence-electron chi connectivity index (χ0n) is 15.7. The van der Waals surface area contributed by atoms with Crippen LogP contribution in [0.5, 0.6) is 0 Å². The van der Waals surface area contributed by atoms with E-state index >= 15 is 0 Å². The number of fused-ring (bicyclic) bond motifs is 1. The Morgan fingerprint density at radius 3 is 2.67 bits per heavy atom. The Kier molecular flexibility index (Phi) is 4.19. The second-order valence-corrected chi connectivity index (χ2v) is 7.78. The lowest BCUT2D eigenvalue weighted by Crippen LogP contribution is -2.28. The molecule has 1 aliphatic rings. The fraction of sp³-hybridized carbons (Fsp3) is 0.300. The van der Waals surface area contributed by atoms with Gasteiger partial charge in [0.05, 0.1) is 17.0 Å². The topological polar surface area (TPSA) is 68.1 Å². The first-order valence-electron chi connectivity index (χ1n) is 8.80. The van der Waals surface area contributed by atoms with Gasteiger partial charge >= 0.3 is 0 Å². The first kappa shape index (κ1) is 17.6. The third-order valence-corrected chi connectivity index (χ3v) is 6.23. The monoisotopic (exact) mass is 380 g/mol. The van der Waals surface area contributed by atoms with Crippen LogP contribution < -0.4 is 10.5 Å². The van der Waals surface area contributed by atoms with Crippen LogP contribution in [0, 0.1) is 20.8 Å². The molecular formula is C20H20N4O2S. The van der Waals surface area contributed by atoms with Gasteiger partial charge in [-0.2, -0.15) is 5.10 Å². The number of aromatic nitrogens is 3. The molecule has 27 heavy (non-hydrogen) atoms. The molecule has 1 aliphatic heterocycles. The van der Waals surface area contributed by atoms with E-state index in [4.69, 9.17) is 0 Å². The van der Waals surface area contributed by atoms with Crippen molar-refractivity contribution < 1.29 is 4.79 Å². The molecule has 3 heterocycles. The lowest BCUT2D eigenvalue weighted by Gasteiger charge is -2.16. The molecule has 1 amide bonds. The predicted molar refractivity (Wildman–Crippen MR) is 107 cm³/mol. The number of aryl methyl sites for hydroxylation is 3. The van der Waals surface area contributed by atoms with Gasteiger partial charge in [0.15, 0.2) is 0 Å². The van der Waals surface area contributed by atoms with Gasteiger partial charge in [-0.1, -0.05) is 18.2 Å². The van der Waals surface area contributed by atoms with E-state index < -0.39 is 0 Å². The number of hydrogen-bond acceptors (Lipinski definition) is 5. The highest BCUT2D eigenvalue weighted by atomic mass is 32.1. The molecule has 0 aliphatic carbocycles. The summed E-state index contributed by atoms with van der Waals surface area (Å²) < 4.78 is 1.33. The van der Waals surface area contributed by atoms with Crippen molar-refractivity contribution in [2.24, 2.45) is 7.05 Å². The lowest BCUT2D eigenvalue weighted by molar-refractivity contribution is 0.0992. The van der Waals surface area contributed by atoms with Crippen LogP contribution in [0.3, 0.4) is 0 Å². The second kappa shape index (κ2) is 6.42. The summed E-state index contributed by atoms with van der Waals surface area (Å²) in [5, 5.41) is 4.79. The Morgan fingerprint density at radius 1 is 1.15 bits per heavy atom. The number of rotatable bonds is 2. The van der Waals surface area contributed by atoms with Crippen LogP contribution in [0.4, 0.5) is 5.69 Å². The molecule has 0 unspecified atom stereocenters. The van der Waals surface area contributed by atoms with Gasteiger partial charge in [0, 0.05) is 19.3 Å². The van der Waals surface area contributed by atoms with Gasteiger partial charge in [-0.05, 0) is 44.4 Å². The smallest absolute Gasteiger partial charge is 0.277 e. The van der Waals surface area contributed by atoms with E-state index in [1.54, 1.807) is 7.05 Å². The summed E-state index contributed by atoms with van der Waals surface area (Å²) in [6, 6.07) is 7.97. The molecule has 2 aromatic heterocycles. The van der Waals surface area contributed by atoms with Crippen molar-refractivity contribution in [1.29, 1.82) is 0 Å². The first-order valence-corrected chi connectivity index (χ1v) is 9.62. The molecule has 0 saturated heterocycles. The van der Waals surface area contributed by atoms with E-state index in [1.807, 2.05) is 43.9 Å². The highest BCUT2D eigenvalue weighted by Gasteiger charge is 2.29. The fourth-order valence-electron chi connectivity index (χ4n) is 3.47. The maximum absolute atomic E-state index is 13.2. The van der Waals surface area contributed by atoms with E-state index in [9.17, 15) is 9.59 Å². The van der Waals surface area contributed by atoms with Crippen LogP contribution >= 0.6 is 11.3 Å². The third kappa shape index (κ3) is 2.78. The Balaban J connectivity index is 1.78. The SMILES string of the molecule is Cc1nc(-c2c(C)c(C)nn(C)c2=O)sc1C(=O)N1CCc2ccccc21. The number of thiazole rings is 1. The quantitative estimate of drug-likeness (QED) is 0.685. The molecule has 0 fully saturated rings. The molecule has 7 heteroatoms. The average molecular weight is 380 g/mol. The van der Waals surface area contributed by atoms with Crippen molar-refractivity contribution >= 4 is 22.9 Å². The summed E-state index contributed by atoms with van der Waals surface area (Å²) in [6.07, 6.45) is 0.857. The van der Waals surface area contributed by atoms with Crippen LogP contribution in [0.25, 0.3) is 10.6 Å². The molecule has 1 aromatic carbocycles. The van der Waals surface area contributed by atoms with Crippen molar-refractivity contribution in [2.75, 3.05) is 11.4 Å². The zero-order valence-corrected chi connectivity index (χ0v) is 16.6. The van der Waals surface area contributed by atoms with E-state index in [1.165, 1.54) is 21.6 Å². The van der Waals surface area contributed by atoms with Crippen molar-refractivity contribution in [2.45, 2.75) is 27.2 Å². The number of benzene rings is 1. The van der Waals surface area contributed by atoms with E-state index in [0.717, 1.165) is 23.4 Å². The van der Waals surface area contributed by atoms with E-state index in [-0.39, 0.29) is 11.5 Å². The third-order valence-electron chi connectivity index (χ3n) is 5.06. The highest BCUT2D eigenvalue weighted by molar-refractivity contribution is 7.17. The van der Waals surface area contributed by atoms with Gasteiger partial charge in [0.25, 0.3) is 11.5 Å². The summed E-state index contributed by atoms with van der Waals surface area (Å²) in [5.74, 6) is -0.0542. The number of nitrogens with zero attached hydrogens (tertiary/aromatic N) is 4. The largest absolute Gasteiger partial charge is 0.307 e. The Bertz CT molecular complexity index is 1130. The van der Waals surface area contributed by atoms with Gasteiger partial charge in [-0.3, -0.25) is 9.59 Å². The van der Waals surface area contributed by atoms with Crippen molar-refractivity contribution in [3.63, 3.8) is 0 Å². The van der Waals surface area contributed by atoms with Gasteiger partial charge in [0.2, 0.25) is 0 Å². The summed E-state index contributed by atoms with van der Waals surface area (Å²) in [5.41, 5.74) is 4.71. The number of carbonyl (C=O) groups is 1. The van der Waals surface area contributed by atoms with Crippen LogP contribution in [-0.4, -0.2) is 27.2 Å². The van der Waals surface area contributed by atoms with E-state index in [0.29, 0.717) is 27.7 Å². The Morgan fingerprint density at radius 2 is 1.89 bits per heavy atom. The van der Waals surface area contributed by atoms with Gasteiger partial charge in [-0.15, -0.1) is 11.3 Å². The van der Waals surface area contributed by atoms with E-state index in [2.05, 4.69) is 16.1 Å². The normalized spacial score (nSPS) is 13.1. The van der Waals surface area contributed by atoms with Crippen LogP contribution in [0.1, 0.15) is 32.2 Å². The molecular weight excluding hydrogens is 360 g/mol. The summed E-state index contributed by atoms with van der Waals surface area (Å²) in [4.78, 5) is 32.8. The van der Waals surface area contributed by atoms with Gasteiger partial charge in [0.1, 0.15) is 9.88 Å². The average Bonchev–Trinajstić information content (AvgIpc) is 3.23. The second-order valence-electron chi connectivity index (χ2n) is 6.78.